The van der Waals surface area contributed by atoms with Gasteiger partial charge in [0.25, 0.3) is 0 Å². The van der Waals surface area contributed by atoms with Crippen molar-refractivity contribution in [2.45, 2.75) is 47.1 Å². The van der Waals surface area contributed by atoms with Crippen LogP contribution in [0.4, 0.5) is 4.79 Å². The molecule has 0 radical (unpaired) electrons. The van der Waals surface area contributed by atoms with E-state index in [1.165, 1.54) is 7.11 Å². The number of rotatable bonds is 6. The summed E-state index contributed by atoms with van der Waals surface area (Å²) in [7, 11) is 1.34. The van der Waals surface area contributed by atoms with Crippen molar-refractivity contribution < 1.29 is 19.1 Å². The maximum atomic E-state index is 11.8. The molecule has 0 saturated heterocycles. The Morgan fingerprint density at radius 2 is 1.72 bits per heavy atom. The monoisotopic (exact) mass is 259 g/mol. The van der Waals surface area contributed by atoms with Gasteiger partial charge in [0.1, 0.15) is 11.5 Å². The molecule has 0 saturated carbocycles. The van der Waals surface area contributed by atoms with Gasteiger partial charge >= 0.3 is 12.1 Å². The van der Waals surface area contributed by atoms with E-state index in [1.54, 1.807) is 18.7 Å². The Balaban J connectivity index is 4.77. The molecule has 5 heteroatoms. The van der Waals surface area contributed by atoms with Gasteiger partial charge in [0.2, 0.25) is 0 Å². The third kappa shape index (κ3) is 3.62. The number of methoxy groups -OCH3 is 1. The Morgan fingerprint density at radius 3 is 2.06 bits per heavy atom. The van der Waals surface area contributed by atoms with Gasteiger partial charge in [-0.1, -0.05) is 6.92 Å². The van der Waals surface area contributed by atoms with Crippen molar-refractivity contribution in [3.8, 4) is 0 Å². The Hall–Kier alpha value is -1.26. The summed E-state index contributed by atoms with van der Waals surface area (Å²) in [5, 5.41) is 0. The molecule has 0 spiro atoms. The van der Waals surface area contributed by atoms with Crippen LogP contribution in [0.2, 0.25) is 0 Å². The largest absolute Gasteiger partial charge is 0.468 e. The SMILES string of the molecule is CCN(CC)C(=O)OC(C)C(C)(CC)C(=O)OC. The number of hydrogen-bond donors (Lipinski definition) is 0. The van der Waals surface area contributed by atoms with Crippen molar-refractivity contribution in [3.05, 3.63) is 0 Å². The third-order valence-corrected chi connectivity index (χ3v) is 3.58. The maximum absolute atomic E-state index is 11.8. The summed E-state index contributed by atoms with van der Waals surface area (Å²) in [6.07, 6.45) is -0.369. The molecule has 0 aromatic heterocycles. The van der Waals surface area contributed by atoms with Gasteiger partial charge in [-0.3, -0.25) is 4.79 Å². The second-order valence-electron chi connectivity index (χ2n) is 4.46. The van der Waals surface area contributed by atoms with Crippen LogP contribution in [0, 0.1) is 5.41 Å². The van der Waals surface area contributed by atoms with Gasteiger partial charge in [-0.25, -0.2) is 4.79 Å². The Kier molecular flexibility index (Phi) is 6.73. The number of amides is 1. The second kappa shape index (κ2) is 7.24. The molecule has 0 heterocycles. The maximum Gasteiger partial charge on any atom is 0.410 e. The van der Waals surface area contributed by atoms with Crippen LogP contribution in [0.3, 0.4) is 0 Å². The number of carbonyl (C=O) groups excluding carboxylic acids is 2. The molecule has 2 unspecified atom stereocenters. The minimum absolute atomic E-state index is 0.357. The van der Waals surface area contributed by atoms with E-state index in [9.17, 15) is 9.59 Å². The zero-order valence-corrected chi connectivity index (χ0v) is 12.3. The Morgan fingerprint density at radius 1 is 1.22 bits per heavy atom. The van der Waals surface area contributed by atoms with Crippen molar-refractivity contribution in [2.24, 2.45) is 5.41 Å². The normalized spacial score (nSPS) is 15.4. The average Bonchev–Trinajstić information content (AvgIpc) is 2.37. The first-order chi connectivity index (χ1) is 8.37. The van der Waals surface area contributed by atoms with Gasteiger partial charge in [0.05, 0.1) is 7.11 Å². The molecule has 0 aliphatic heterocycles. The van der Waals surface area contributed by atoms with Crippen LogP contribution in [0.5, 0.6) is 0 Å². The lowest BCUT2D eigenvalue weighted by molar-refractivity contribution is -0.158. The predicted molar refractivity (Wildman–Crippen MR) is 69.3 cm³/mol. The highest BCUT2D eigenvalue weighted by molar-refractivity contribution is 5.77. The molecule has 0 aliphatic carbocycles. The molecule has 106 valence electrons. The highest BCUT2D eigenvalue weighted by atomic mass is 16.6. The molecular formula is C13H25NO4. The van der Waals surface area contributed by atoms with Gasteiger partial charge in [-0.2, -0.15) is 0 Å². The average molecular weight is 259 g/mol. The third-order valence-electron chi connectivity index (χ3n) is 3.58. The van der Waals surface area contributed by atoms with Crippen LogP contribution in [0.1, 0.15) is 41.0 Å². The number of hydrogen-bond acceptors (Lipinski definition) is 4. The molecule has 0 N–H and O–H groups in total. The van der Waals surface area contributed by atoms with Crippen molar-refractivity contribution in [1.82, 2.24) is 4.90 Å². The van der Waals surface area contributed by atoms with E-state index >= 15 is 0 Å². The fourth-order valence-corrected chi connectivity index (χ4v) is 1.67. The quantitative estimate of drug-likeness (QED) is 0.687. The molecule has 2 atom stereocenters. The van der Waals surface area contributed by atoms with Gasteiger partial charge in [0, 0.05) is 13.1 Å². The summed E-state index contributed by atoms with van der Waals surface area (Å²) in [5.74, 6) is -0.357. The summed E-state index contributed by atoms with van der Waals surface area (Å²) >= 11 is 0. The fraction of sp³-hybridized carbons (Fsp3) is 0.846. The Labute approximate surface area is 109 Å². The molecule has 0 aromatic rings. The predicted octanol–water partition coefficient (Wildman–Crippen LogP) is 2.44. The minimum atomic E-state index is -0.808. The van der Waals surface area contributed by atoms with E-state index in [0.717, 1.165) is 0 Å². The van der Waals surface area contributed by atoms with Gasteiger partial charge in [0.15, 0.2) is 0 Å². The first-order valence-electron chi connectivity index (χ1n) is 6.41. The van der Waals surface area contributed by atoms with Crippen LogP contribution in [0.15, 0.2) is 0 Å². The molecule has 1 amide bonds. The van der Waals surface area contributed by atoms with E-state index in [-0.39, 0.29) is 5.97 Å². The second-order valence-corrected chi connectivity index (χ2v) is 4.46. The molecule has 0 aromatic carbocycles. The van der Waals surface area contributed by atoms with Gasteiger partial charge in [-0.05, 0) is 34.1 Å². The first kappa shape index (κ1) is 16.7. The molecule has 0 bridgehead atoms. The van der Waals surface area contributed by atoms with Gasteiger partial charge in [-0.15, -0.1) is 0 Å². The zero-order chi connectivity index (χ0) is 14.3. The lowest BCUT2D eigenvalue weighted by Gasteiger charge is -2.32. The summed E-state index contributed by atoms with van der Waals surface area (Å²) in [4.78, 5) is 25.2. The van der Waals surface area contributed by atoms with Crippen LogP contribution in [-0.4, -0.2) is 43.3 Å². The lowest BCUT2D eigenvalue weighted by atomic mass is 9.82. The van der Waals surface area contributed by atoms with Crippen molar-refractivity contribution in [2.75, 3.05) is 20.2 Å². The minimum Gasteiger partial charge on any atom is -0.468 e. The zero-order valence-electron chi connectivity index (χ0n) is 12.3. The molecule has 0 fully saturated rings. The molecular weight excluding hydrogens is 234 g/mol. The molecule has 18 heavy (non-hydrogen) atoms. The Bertz CT molecular complexity index is 289. The van der Waals surface area contributed by atoms with Crippen LogP contribution < -0.4 is 0 Å². The topological polar surface area (TPSA) is 55.8 Å². The number of carbonyl (C=O) groups is 2. The summed E-state index contributed by atoms with van der Waals surface area (Å²) in [6, 6.07) is 0. The fourth-order valence-electron chi connectivity index (χ4n) is 1.67. The van der Waals surface area contributed by atoms with Crippen LogP contribution in [0.25, 0.3) is 0 Å². The van der Waals surface area contributed by atoms with Crippen LogP contribution in [-0.2, 0) is 14.3 Å². The number of ether oxygens (including phenoxy) is 2. The van der Waals surface area contributed by atoms with Crippen molar-refractivity contribution >= 4 is 12.1 Å². The number of esters is 1. The first-order valence-corrected chi connectivity index (χ1v) is 6.41. The molecule has 5 nitrogen and oxygen atoms in total. The van der Waals surface area contributed by atoms with Crippen molar-refractivity contribution in [3.63, 3.8) is 0 Å². The van der Waals surface area contributed by atoms with E-state index in [4.69, 9.17) is 9.47 Å². The van der Waals surface area contributed by atoms with E-state index in [1.807, 2.05) is 20.8 Å². The summed E-state index contributed by atoms with van der Waals surface area (Å²) in [5.41, 5.74) is -0.808. The summed E-state index contributed by atoms with van der Waals surface area (Å²) in [6.45, 7) is 10.3. The van der Waals surface area contributed by atoms with E-state index in [2.05, 4.69) is 0 Å². The standard InChI is InChI=1S/C13H25NO4/c1-7-13(5,11(15)17-6)10(4)18-12(16)14(8-2)9-3/h10H,7-9H2,1-6H3. The lowest BCUT2D eigenvalue weighted by Crippen LogP contribution is -2.44. The number of nitrogens with zero attached hydrogens (tertiary/aromatic N) is 1. The smallest absolute Gasteiger partial charge is 0.410 e. The van der Waals surface area contributed by atoms with Crippen molar-refractivity contribution in [1.29, 1.82) is 0 Å². The van der Waals surface area contributed by atoms with Gasteiger partial charge < -0.3 is 14.4 Å². The molecule has 0 aliphatic rings. The van der Waals surface area contributed by atoms with E-state index in [0.29, 0.717) is 19.5 Å². The van der Waals surface area contributed by atoms with Crippen LogP contribution >= 0.6 is 0 Å². The van der Waals surface area contributed by atoms with E-state index < -0.39 is 17.6 Å². The highest BCUT2D eigenvalue weighted by Gasteiger charge is 2.41. The highest BCUT2D eigenvalue weighted by Crippen LogP contribution is 2.30. The summed E-state index contributed by atoms with van der Waals surface area (Å²) < 4.78 is 10.1. The molecule has 0 rings (SSSR count).